The number of Topliss-reactive ketones (excluding diaryl/α,β-unsaturated/α-hetero) is 1. The van der Waals surface area contributed by atoms with E-state index in [1.165, 1.54) is 33.1 Å². The van der Waals surface area contributed by atoms with Gasteiger partial charge in [0.15, 0.2) is 11.5 Å². The van der Waals surface area contributed by atoms with Gasteiger partial charge in [-0.15, -0.1) is 0 Å². The summed E-state index contributed by atoms with van der Waals surface area (Å²) in [5.74, 6) is -0.0502. The highest BCUT2D eigenvalue weighted by Gasteiger charge is 2.41. The number of ether oxygens (including phenoxy) is 3. The van der Waals surface area contributed by atoms with Crippen molar-refractivity contribution in [3.8, 4) is 17.2 Å². The molecule has 1 fully saturated rings. The van der Waals surface area contributed by atoms with Crippen LogP contribution in [0, 0.1) is 5.92 Å². The first-order valence-corrected chi connectivity index (χ1v) is 12.3. The van der Waals surface area contributed by atoms with Crippen LogP contribution in [0.4, 0.5) is 0 Å². The lowest BCUT2D eigenvalue weighted by Crippen LogP contribution is -2.25. The van der Waals surface area contributed by atoms with Crippen LogP contribution >= 0.6 is 11.8 Å². The first-order chi connectivity index (χ1) is 15.7. The van der Waals surface area contributed by atoms with Crippen LogP contribution < -0.4 is 14.2 Å². The second-order valence-corrected chi connectivity index (χ2v) is 9.69. The smallest absolute Gasteiger partial charge is 0.310 e. The van der Waals surface area contributed by atoms with Gasteiger partial charge in [0.1, 0.15) is 5.78 Å². The Morgan fingerprint density at radius 3 is 2.27 bits per heavy atom. The predicted molar refractivity (Wildman–Crippen MR) is 127 cm³/mol. The quantitative estimate of drug-likeness (QED) is 0.341. The van der Waals surface area contributed by atoms with Crippen LogP contribution in [0.15, 0.2) is 12.1 Å². The van der Waals surface area contributed by atoms with Crippen molar-refractivity contribution in [1.82, 2.24) is 0 Å². The summed E-state index contributed by atoms with van der Waals surface area (Å²) in [6.07, 6.45) is 2.36. The largest absolute Gasteiger partial charge is 0.493 e. The highest BCUT2D eigenvalue weighted by Crippen LogP contribution is 2.41. The molecule has 2 rings (SSSR count). The molecule has 3 N–H and O–H groups in total. The third-order valence-corrected chi connectivity index (χ3v) is 7.73. The van der Waals surface area contributed by atoms with Crippen molar-refractivity contribution in [2.75, 3.05) is 27.1 Å². The minimum Gasteiger partial charge on any atom is -0.493 e. The second-order valence-electron chi connectivity index (χ2n) is 8.48. The molecule has 0 bridgehead atoms. The Morgan fingerprint density at radius 2 is 1.76 bits per heavy atom. The predicted octanol–water partition coefficient (Wildman–Crippen LogP) is 3.26. The van der Waals surface area contributed by atoms with E-state index in [0.717, 1.165) is 12.8 Å². The number of hydrogen-bond acceptors (Lipinski definition) is 8. The average Bonchev–Trinajstić information content (AvgIpc) is 3.05. The molecule has 3 unspecified atom stereocenters. The number of unbranched alkanes of at least 4 members (excludes halogenated alkanes) is 2. The van der Waals surface area contributed by atoms with Crippen molar-refractivity contribution in [3.05, 3.63) is 17.7 Å². The summed E-state index contributed by atoms with van der Waals surface area (Å²) in [4.78, 5) is 24.3. The van der Waals surface area contributed by atoms with Crippen molar-refractivity contribution in [2.24, 2.45) is 5.92 Å². The van der Waals surface area contributed by atoms with Gasteiger partial charge in [0, 0.05) is 23.3 Å². The summed E-state index contributed by atoms with van der Waals surface area (Å²) in [5, 5.41) is 29.4. The van der Waals surface area contributed by atoms with E-state index in [9.17, 15) is 24.9 Å². The molecule has 5 atom stereocenters. The molecule has 1 aliphatic carbocycles. The van der Waals surface area contributed by atoms with Crippen LogP contribution in [0.2, 0.25) is 0 Å². The first-order valence-electron chi connectivity index (χ1n) is 11.3. The standard InChI is InChI=1S/C24H36O8S/c1-14(25)13-33-23-17(18(26)12-19(23)27)9-7-5-6-8-16(24(28)29)15-10-20(30-2)22(32-4)21(11-15)31-3/h10-11,14,16-17,19,23,25,27H,5-9,12-13H2,1-4H3,(H,28,29)/t14?,16?,17-,19?,23+/m0/s1. The fraction of sp³-hybridized carbons (Fsp3) is 0.667. The minimum absolute atomic E-state index is 0.0754. The molecule has 1 saturated carbocycles. The van der Waals surface area contributed by atoms with Gasteiger partial charge in [-0.2, -0.15) is 11.8 Å². The number of aliphatic hydroxyl groups excluding tert-OH is 2. The summed E-state index contributed by atoms with van der Waals surface area (Å²) >= 11 is 1.46. The summed E-state index contributed by atoms with van der Waals surface area (Å²) in [6, 6.07) is 3.34. The van der Waals surface area contributed by atoms with E-state index in [4.69, 9.17) is 14.2 Å². The Kier molecular flexibility index (Phi) is 10.8. The lowest BCUT2D eigenvalue weighted by atomic mass is 9.91. The van der Waals surface area contributed by atoms with Crippen LogP contribution in [0.25, 0.3) is 0 Å². The lowest BCUT2D eigenvalue weighted by Gasteiger charge is -2.21. The van der Waals surface area contributed by atoms with Gasteiger partial charge in [-0.1, -0.05) is 19.3 Å². The number of carboxylic acids is 1. The maximum Gasteiger partial charge on any atom is 0.310 e. The van der Waals surface area contributed by atoms with Gasteiger partial charge in [-0.3, -0.25) is 9.59 Å². The second kappa shape index (κ2) is 13.1. The van der Waals surface area contributed by atoms with Crippen LogP contribution in [0.5, 0.6) is 17.2 Å². The third-order valence-electron chi connectivity index (χ3n) is 6.03. The molecule has 186 valence electrons. The molecule has 33 heavy (non-hydrogen) atoms. The third kappa shape index (κ3) is 7.25. The van der Waals surface area contributed by atoms with E-state index in [2.05, 4.69) is 0 Å². The lowest BCUT2D eigenvalue weighted by molar-refractivity contribution is -0.139. The van der Waals surface area contributed by atoms with E-state index in [1.807, 2.05) is 0 Å². The summed E-state index contributed by atoms with van der Waals surface area (Å²) in [6.45, 7) is 1.69. The molecule has 0 spiro atoms. The van der Waals surface area contributed by atoms with Crippen LogP contribution in [0.1, 0.15) is 56.9 Å². The zero-order valence-corrected chi connectivity index (χ0v) is 20.6. The molecule has 9 heteroatoms. The zero-order chi connectivity index (χ0) is 24.5. The average molecular weight is 485 g/mol. The number of methoxy groups -OCH3 is 3. The number of carbonyl (C=O) groups is 2. The van der Waals surface area contributed by atoms with Crippen LogP contribution in [-0.4, -0.2) is 71.6 Å². The van der Waals surface area contributed by atoms with Crippen LogP contribution in [-0.2, 0) is 9.59 Å². The molecule has 0 saturated heterocycles. The van der Waals surface area contributed by atoms with Gasteiger partial charge < -0.3 is 29.5 Å². The molecule has 1 aliphatic rings. The van der Waals surface area contributed by atoms with E-state index >= 15 is 0 Å². The van der Waals surface area contributed by atoms with Gasteiger partial charge in [0.05, 0.1) is 39.5 Å². The zero-order valence-electron chi connectivity index (χ0n) is 19.8. The fourth-order valence-corrected chi connectivity index (χ4v) is 5.69. The highest BCUT2D eigenvalue weighted by molar-refractivity contribution is 8.00. The van der Waals surface area contributed by atoms with Crippen LogP contribution in [0.3, 0.4) is 0 Å². The van der Waals surface area contributed by atoms with Gasteiger partial charge in [0.25, 0.3) is 0 Å². The maximum absolute atomic E-state index is 12.3. The summed E-state index contributed by atoms with van der Waals surface area (Å²) in [7, 11) is 4.48. The molecule has 0 amide bonds. The van der Waals surface area contributed by atoms with Crippen molar-refractivity contribution in [3.63, 3.8) is 0 Å². The fourth-order valence-electron chi connectivity index (χ4n) is 4.35. The number of carbonyl (C=O) groups excluding carboxylic acids is 1. The Labute approximate surface area is 199 Å². The number of thioether (sulfide) groups is 1. The number of hydrogen-bond donors (Lipinski definition) is 3. The maximum atomic E-state index is 12.3. The van der Waals surface area contributed by atoms with Gasteiger partial charge in [-0.05, 0) is 37.5 Å². The first kappa shape index (κ1) is 27.3. The van der Waals surface area contributed by atoms with Crippen molar-refractivity contribution in [1.29, 1.82) is 0 Å². The molecular weight excluding hydrogens is 448 g/mol. The van der Waals surface area contributed by atoms with Gasteiger partial charge >= 0.3 is 5.97 Å². The van der Waals surface area contributed by atoms with Crippen molar-refractivity contribution >= 4 is 23.5 Å². The summed E-state index contributed by atoms with van der Waals surface area (Å²) < 4.78 is 16.0. The van der Waals surface area contributed by atoms with Crippen molar-refractivity contribution < 1.29 is 39.1 Å². The number of ketones is 1. The Balaban J connectivity index is 1.95. The molecule has 1 aromatic carbocycles. The van der Waals surface area contributed by atoms with E-state index in [-0.39, 0.29) is 23.4 Å². The SMILES string of the molecule is COc1cc(C(CCCCC[C@H]2C(=O)CC(O)[C@@H]2SCC(C)O)C(=O)O)cc(OC)c1OC. The topological polar surface area (TPSA) is 123 Å². The molecule has 0 aromatic heterocycles. The van der Waals surface area contributed by atoms with E-state index in [1.54, 1.807) is 19.1 Å². The minimum atomic E-state index is -0.923. The molecule has 8 nitrogen and oxygen atoms in total. The number of rotatable bonds is 14. The molecular formula is C24H36O8S. The summed E-state index contributed by atoms with van der Waals surface area (Å²) in [5.41, 5.74) is 0.584. The Hall–Kier alpha value is -1.97. The number of benzene rings is 1. The molecule has 0 aliphatic heterocycles. The number of carboxylic acid groups (broad SMARTS) is 1. The highest BCUT2D eigenvalue weighted by atomic mass is 32.2. The number of aliphatic carboxylic acids is 1. The molecule has 0 heterocycles. The Morgan fingerprint density at radius 1 is 1.12 bits per heavy atom. The molecule has 0 radical (unpaired) electrons. The van der Waals surface area contributed by atoms with Gasteiger partial charge in [0.2, 0.25) is 5.75 Å². The Bertz CT molecular complexity index is 772. The van der Waals surface area contributed by atoms with E-state index in [0.29, 0.717) is 47.8 Å². The normalized spacial score (nSPS) is 22.1. The molecule has 1 aromatic rings. The van der Waals surface area contributed by atoms with E-state index < -0.39 is 24.1 Å². The number of aliphatic hydroxyl groups is 2. The van der Waals surface area contributed by atoms with Crippen molar-refractivity contribution in [2.45, 2.75) is 68.8 Å². The monoisotopic (exact) mass is 484 g/mol. The van der Waals surface area contributed by atoms with Gasteiger partial charge in [-0.25, -0.2) is 0 Å².